The van der Waals surface area contributed by atoms with E-state index in [9.17, 15) is 9.59 Å². The first kappa shape index (κ1) is 20.1. The molecule has 150 valence electrons. The second-order valence-corrected chi connectivity index (χ2v) is 7.16. The summed E-state index contributed by atoms with van der Waals surface area (Å²) in [5, 5.41) is 10.9. The van der Waals surface area contributed by atoms with Crippen molar-refractivity contribution >= 4 is 11.9 Å². The number of nitrogens with zero attached hydrogens (tertiary/aromatic N) is 2. The highest BCUT2D eigenvalue weighted by atomic mass is 16.5. The van der Waals surface area contributed by atoms with Crippen LogP contribution in [-0.4, -0.2) is 47.9 Å². The number of ether oxygens (including phenoxy) is 1. The van der Waals surface area contributed by atoms with E-state index in [-0.39, 0.29) is 30.4 Å². The van der Waals surface area contributed by atoms with Crippen molar-refractivity contribution < 1.29 is 14.3 Å². The molecule has 2 heterocycles. The normalized spacial score (nSPS) is 17.7. The van der Waals surface area contributed by atoms with Gasteiger partial charge >= 0.3 is 5.97 Å². The maximum Gasteiger partial charge on any atom is 0.305 e. The fourth-order valence-corrected chi connectivity index (χ4v) is 3.50. The summed E-state index contributed by atoms with van der Waals surface area (Å²) in [6.45, 7) is 1.91. The lowest BCUT2D eigenvalue weighted by Gasteiger charge is -2.23. The molecule has 3 rings (SSSR count). The smallest absolute Gasteiger partial charge is 0.305 e. The summed E-state index contributed by atoms with van der Waals surface area (Å²) >= 11 is 0. The molecule has 0 spiro atoms. The number of rotatable bonds is 8. The number of benzene rings is 1. The van der Waals surface area contributed by atoms with E-state index >= 15 is 0 Å². The predicted molar refractivity (Wildman–Crippen MR) is 106 cm³/mol. The molecule has 1 aromatic heterocycles. The SMILES string of the molecule is COC(=O)CCC(Cc1ccccc1)NC(=O)c1ccn(C2CCCNC2)n1. The van der Waals surface area contributed by atoms with Gasteiger partial charge in [-0.15, -0.1) is 0 Å². The number of amides is 1. The molecule has 28 heavy (non-hydrogen) atoms. The van der Waals surface area contributed by atoms with E-state index in [4.69, 9.17) is 4.74 Å². The van der Waals surface area contributed by atoms with Crippen molar-refractivity contribution in [2.45, 2.75) is 44.2 Å². The van der Waals surface area contributed by atoms with Crippen LogP contribution in [0.15, 0.2) is 42.6 Å². The van der Waals surface area contributed by atoms with Crippen LogP contribution in [-0.2, 0) is 16.0 Å². The van der Waals surface area contributed by atoms with Crippen LogP contribution in [0.3, 0.4) is 0 Å². The topological polar surface area (TPSA) is 85.2 Å². The summed E-state index contributed by atoms with van der Waals surface area (Å²) in [5.74, 6) is -0.491. The van der Waals surface area contributed by atoms with Crippen LogP contribution in [0.1, 0.15) is 47.8 Å². The summed E-state index contributed by atoms with van der Waals surface area (Å²) in [7, 11) is 1.37. The Morgan fingerprint density at radius 2 is 2.14 bits per heavy atom. The molecule has 1 amide bonds. The highest BCUT2D eigenvalue weighted by molar-refractivity contribution is 5.92. The van der Waals surface area contributed by atoms with E-state index in [1.54, 1.807) is 6.07 Å². The lowest BCUT2D eigenvalue weighted by Crippen LogP contribution is -2.37. The van der Waals surface area contributed by atoms with Crippen LogP contribution in [0.5, 0.6) is 0 Å². The van der Waals surface area contributed by atoms with Gasteiger partial charge in [0.15, 0.2) is 0 Å². The molecule has 0 saturated carbocycles. The van der Waals surface area contributed by atoms with E-state index in [0.29, 0.717) is 18.5 Å². The van der Waals surface area contributed by atoms with Crippen molar-refractivity contribution in [3.8, 4) is 0 Å². The van der Waals surface area contributed by atoms with Gasteiger partial charge in [-0.05, 0) is 43.9 Å². The molecule has 1 fully saturated rings. The fraction of sp³-hybridized carbons (Fsp3) is 0.476. The van der Waals surface area contributed by atoms with Crippen LogP contribution >= 0.6 is 0 Å². The molecule has 2 unspecified atom stereocenters. The minimum absolute atomic E-state index is 0.171. The Bertz CT molecular complexity index is 769. The predicted octanol–water partition coefficient (Wildman–Crippen LogP) is 2.10. The summed E-state index contributed by atoms with van der Waals surface area (Å²) < 4.78 is 6.61. The minimum atomic E-state index is -0.276. The Balaban J connectivity index is 1.64. The van der Waals surface area contributed by atoms with Gasteiger partial charge in [-0.3, -0.25) is 14.3 Å². The van der Waals surface area contributed by atoms with Crippen molar-refractivity contribution in [3.05, 3.63) is 53.9 Å². The Kier molecular flexibility index (Phi) is 7.19. The summed E-state index contributed by atoms with van der Waals surface area (Å²) in [5.41, 5.74) is 1.51. The lowest BCUT2D eigenvalue weighted by atomic mass is 10.0. The van der Waals surface area contributed by atoms with Gasteiger partial charge in [0.05, 0.1) is 13.2 Å². The second kappa shape index (κ2) is 10.0. The molecule has 0 bridgehead atoms. The zero-order valence-corrected chi connectivity index (χ0v) is 16.3. The molecule has 1 aliphatic heterocycles. The van der Waals surface area contributed by atoms with Gasteiger partial charge in [0.2, 0.25) is 0 Å². The maximum atomic E-state index is 12.7. The molecule has 2 N–H and O–H groups in total. The number of nitrogens with one attached hydrogen (secondary N) is 2. The van der Waals surface area contributed by atoms with E-state index in [2.05, 4.69) is 15.7 Å². The van der Waals surface area contributed by atoms with Gasteiger partial charge in [0.25, 0.3) is 5.91 Å². The molecule has 7 nitrogen and oxygen atoms in total. The molecule has 1 aliphatic rings. The number of esters is 1. The Morgan fingerprint density at radius 3 is 2.86 bits per heavy atom. The van der Waals surface area contributed by atoms with Crippen molar-refractivity contribution in [1.29, 1.82) is 0 Å². The number of hydrogen-bond donors (Lipinski definition) is 2. The van der Waals surface area contributed by atoms with E-state index in [1.165, 1.54) is 7.11 Å². The van der Waals surface area contributed by atoms with Crippen LogP contribution in [0, 0.1) is 0 Å². The molecule has 0 aliphatic carbocycles. The van der Waals surface area contributed by atoms with Crippen molar-refractivity contribution in [2.24, 2.45) is 0 Å². The molecular weight excluding hydrogens is 356 g/mol. The Labute approximate surface area is 165 Å². The number of aromatic nitrogens is 2. The molecular formula is C21H28N4O3. The van der Waals surface area contributed by atoms with Gasteiger partial charge < -0.3 is 15.4 Å². The van der Waals surface area contributed by atoms with Crippen LogP contribution in [0.25, 0.3) is 0 Å². The average Bonchev–Trinajstić information content (AvgIpc) is 3.23. The Morgan fingerprint density at radius 1 is 1.32 bits per heavy atom. The van der Waals surface area contributed by atoms with Gasteiger partial charge in [0, 0.05) is 25.2 Å². The van der Waals surface area contributed by atoms with Crippen LogP contribution in [0.2, 0.25) is 0 Å². The first-order valence-electron chi connectivity index (χ1n) is 9.83. The summed E-state index contributed by atoms with van der Waals surface area (Å²) in [4.78, 5) is 24.3. The first-order chi connectivity index (χ1) is 13.7. The van der Waals surface area contributed by atoms with Crippen LogP contribution in [0.4, 0.5) is 0 Å². The summed E-state index contributed by atoms with van der Waals surface area (Å²) in [6.07, 6.45) is 5.46. The third-order valence-electron chi connectivity index (χ3n) is 5.07. The largest absolute Gasteiger partial charge is 0.469 e. The van der Waals surface area contributed by atoms with Gasteiger partial charge in [-0.25, -0.2) is 0 Å². The number of carbonyl (C=O) groups is 2. The quantitative estimate of drug-likeness (QED) is 0.681. The molecule has 1 aromatic carbocycles. The van der Waals surface area contributed by atoms with Gasteiger partial charge in [-0.1, -0.05) is 30.3 Å². The zero-order valence-electron chi connectivity index (χ0n) is 16.3. The van der Waals surface area contributed by atoms with E-state index < -0.39 is 0 Å². The first-order valence-corrected chi connectivity index (χ1v) is 9.83. The van der Waals surface area contributed by atoms with Crippen molar-refractivity contribution in [1.82, 2.24) is 20.4 Å². The molecule has 2 atom stereocenters. The highest BCUT2D eigenvalue weighted by Gasteiger charge is 2.20. The standard InChI is InChI=1S/C21H28N4O3/c1-28-20(26)10-9-17(14-16-6-3-2-4-7-16)23-21(27)19-11-13-25(24-19)18-8-5-12-22-15-18/h2-4,6-7,11,13,17-18,22H,5,8-10,12,14-15H2,1H3,(H,23,27). The molecule has 1 saturated heterocycles. The monoisotopic (exact) mass is 384 g/mol. The number of hydrogen-bond acceptors (Lipinski definition) is 5. The fourth-order valence-electron chi connectivity index (χ4n) is 3.50. The molecule has 2 aromatic rings. The molecule has 7 heteroatoms. The molecule has 0 radical (unpaired) electrons. The number of carbonyl (C=O) groups excluding carboxylic acids is 2. The number of piperidine rings is 1. The van der Waals surface area contributed by atoms with Gasteiger partial charge in [-0.2, -0.15) is 5.10 Å². The summed E-state index contributed by atoms with van der Waals surface area (Å²) in [6, 6.07) is 11.8. The second-order valence-electron chi connectivity index (χ2n) is 7.16. The number of methoxy groups -OCH3 is 1. The van der Waals surface area contributed by atoms with Gasteiger partial charge in [0.1, 0.15) is 5.69 Å². The highest BCUT2D eigenvalue weighted by Crippen LogP contribution is 2.16. The third-order valence-corrected chi connectivity index (χ3v) is 5.07. The average molecular weight is 384 g/mol. The zero-order chi connectivity index (χ0) is 19.8. The van der Waals surface area contributed by atoms with Crippen molar-refractivity contribution in [3.63, 3.8) is 0 Å². The maximum absolute atomic E-state index is 12.7. The third kappa shape index (κ3) is 5.66. The van der Waals surface area contributed by atoms with E-state index in [1.807, 2.05) is 41.2 Å². The Hall–Kier alpha value is -2.67. The van der Waals surface area contributed by atoms with E-state index in [0.717, 1.165) is 31.5 Å². The van der Waals surface area contributed by atoms with Crippen molar-refractivity contribution in [2.75, 3.05) is 20.2 Å². The minimum Gasteiger partial charge on any atom is -0.469 e. The van der Waals surface area contributed by atoms with Crippen LogP contribution < -0.4 is 10.6 Å². The lowest BCUT2D eigenvalue weighted by molar-refractivity contribution is -0.140.